The number of hydrogen-bond acceptors (Lipinski definition) is 5. The van der Waals surface area contributed by atoms with Crippen LogP contribution in [0.4, 0.5) is 11.5 Å². The summed E-state index contributed by atoms with van der Waals surface area (Å²) in [7, 11) is 0. The van der Waals surface area contributed by atoms with Crippen molar-refractivity contribution >= 4 is 33.1 Å². The fraction of sp³-hybridized carbons (Fsp3) is 0.182. The molecule has 0 unspecified atom stereocenters. The minimum Gasteiger partial charge on any atom is -0.492 e. The van der Waals surface area contributed by atoms with Crippen LogP contribution in [0.1, 0.15) is 23.2 Å². The minimum absolute atomic E-state index is 0.620. The third kappa shape index (κ3) is 3.93. The van der Waals surface area contributed by atoms with E-state index in [1.54, 1.807) is 11.3 Å². The summed E-state index contributed by atoms with van der Waals surface area (Å²) in [6.07, 6.45) is 0.704. The number of nitrogens with zero attached hydrogens (tertiary/aromatic N) is 2. The highest BCUT2D eigenvalue weighted by Gasteiger charge is 2.13. The molecule has 4 rings (SSSR count). The number of aromatic nitrogens is 2. The number of thiophene rings is 1. The third-order valence-corrected chi connectivity index (χ3v) is 5.15. The smallest absolute Gasteiger partial charge is 0.143 e. The summed E-state index contributed by atoms with van der Waals surface area (Å²) in [6, 6.07) is 20.4. The van der Waals surface area contributed by atoms with Gasteiger partial charge in [0.2, 0.25) is 0 Å². The van der Waals surface area contributed by atoms with Crippen LogP contribution in [0.2, 0.25) is 0 Å². The normalized spacial score (nSPS) is 10.9. The van der Waals surface area contributed by atoms with Gasteiger partial charge in [-0.2, -0.15) is 0 Å². The largest absolute Gasteiger partial charge is 0.492 e. The fourth-order valence-corrected chi connectivity index (χ4v) is 3.92. The molecule has 4 nitrogen and oxygen atoms in total. The zero-order valence-corrected chi connectivity index (χ0v) is 16.2. The molecule has 0 amide bonds. The second kappa shape index (κ2) is 7.76. The number of nitrogens with one attached hydrogen (secondary N) is 1. The standard InChI is InChI=1S/C22H21N3OS/c1-3-26-19-12-8-7-11-18(19)23-21-17-13-15(2)27-22(17)25-20(24-21)14-16-9-5-4-6-10-16/h4-13H,3,14H2,1-2H3,(H,23,24,25). The maximum absolute atomic E-state index is 5.75. The first kappa shape index (κ1) is 17.5. The number of aryl methyl sites for hydroxylation is 1. The van der Waals surface area contributed by atoms with E-state index in [1.165, 1.54) is 10.4 Å². The van der Waals surface area contributed by atoms with Gasteiger partial charge in [-0.3, -0.25) is 0 Å². The summed E-state index contributed by atoms with van der Waals surface area (Å²) >= 11 is 1.69. The molecule has 0 aliphatic rings. The van der Waals surface area contributed by atoms with Gasteiger partial charge in [-0.25, -0.2) is 9.97 Å². The summed E-state index contributed by atoms with van der Waals surface area (Å²) in [4.78, 5) is 11.8. The molecule has 0 atom stereocenters. The molecule has 5 heteroatoms. The first-order valence-electron chi connectivity index (χ1n) is 9.03. The van der Waals surface area contributed by atoms with Crippen LogP contribution in [0.15, 0.2) is 60.7 Å². The molecule has 0 saturated carbocycles. The summed E-state index contributed by atoms with van der Waals surface area (Å²) in [6.45, 7) is 4.70. The Labute approximate surface area is 162 Å². The number of hydrogen-bond donors (Lipinski definition) is 1. The van der Waals surface area contributed by atoms with Gasteiger partial charge in [-0.1, -0.05) is 42.5 Å². The van der Waals surface area contributed by atoms with Gasteiger partial charge in [0.1, 0.15) is 22.2 Å². The number of rotatable bonds is 6. The van der Waals surface area contributed by atoms with Crippen molar-refractivity contribution in [1.82, 2.24) is 9.97 Å². The maximum Gasteiger partial charge on any atom is 0.143 e. The molecular weight excluding hydrogens is 354 g/mol. The maximum atomic E-state index is 5.75. The SMILES string of the molecule is CCOc1ccccc1Nc1nc(Cc2ccccc2)nc2sc(C)cc12. The van der Waals surface area contributed by atoms with Crippen LogP contribution in [0.3, 0.4) is 0 Å². The van der Waals surface area contributed by atoms with E-state index in [0.717, 1.165) is 33.3 Å². The summed E-state index contributed by atoms with van der Waals surface area (Å²) < 4.78 is 5.75. The van der Waals surface area contributed by atoms with Crippen molar-refractivity contribution in [2.45, 2.75) is 20.3 Å². The molecule has 0 spiro atoms. The molecule has 0 bridgehead atoms. The molecule has 0 aliphatic heterocycles. The van der Waals surface area contributed by atoms with Crippen molar-refractivity contribution < 1.29 is 4.74 Å². The first-order chi connectivity index (χ1) is 13.2. The van der Waals surface area contributed by atoms with Gasteiger partial charge in [-0.15, -0.1) is 11.3 Å². The van der Waals surface area contributed by atoms with Crippen molar-refractivity contribution in [2.24, 2.45) is 0 Å². The Bertz CT molecular complexity index is 1060. The van der Waals surface area contributed by atoms with Crippen LogP contribution in [-0.2, 0) is 6.42 Å². The lowest BCUT2D eigenvalue weighted by atomic mass is 10.1. The quantitative estimate of drug-likeness (QED) is 0.467. The van der Waals surface area contributed by atoms with Gasteiger partial charge in [-0.05, 0) is 37.6 Å². The molecule has 2 heterocycles. The first-order valence-corrected chi connectivity index (χ1v) is 9.84. The van der Waals surface area contributed by atoms with E-state index < -0.39 is 0 Å². The number of benzene rings is 2. The van der Waals surface area contributed by atoms with Crippen molar-refractivity contribution in [3.63, 3.8) is 0 Å². The molecule has 1 N–H and O–H groups in total. The van der Waals surface area contributed by atoms with Gasteiger partial charge in [0.05, 0.1) is 17.7 Å². The molecular formula is C22H21N3OS. The number of fused-ring (bicyclic) bond motifs is 1. The highest BCUT2D eigenvalue weighted by Crippen LogP contribution is 2.33. The van der Waals surface area contributed by atoms with E-state index in [-0.39, 0.29) is 0 Å². The average Bonchev–Trinajstić information content (AvgIpc) is 3.05. The predicted octanol–water partition coefficient (Wildman–Crippen LogP) is 5.73. The minimum atomic E-state index is 0.620. The Hall–Kier alpha value is -2.92. The number of para-hydroxylation sites is 2. The van der Waals surface area contributed by atoms with Crippen molar-refractivity contribution in [3.05, 3.63) is 76.9 Å². The van der Waals surface area contributed by atoms with Gasteiger partial charge in [0, 0.05) is 11.3 Å². The van der Waals surface area contributed by atoms with Gasteiger partial charge in [0.25, 0.3) is 0 Å². The van der Waals surface area contributed by atoms with E-state index in [2.05, 4.69) is 30.4 Å². The molecule has 0 radical (unpaired) electrons. The lowest BCUT2D eigenvalue weighted by Gasteiger charge is -2.13. The molecule has 27 heavy (non-hydrogen) atoms. The van der Waals surface area contributed by atoms with Crippen molar-refractivity contribution in [1.29, 1.82) is 0 Å². The van der Waals surface area contributed by atoms with Crippen LogP contribution >= 0.6 is 11.3 Å². The third-order valence-electron chi connectivity index (χ3n) is 4.21. The second-order valence-electron chi connectivity index (χ2n) is 6.28. The van der Waals surface area contributed by atoms with E-state index >= 15 is 0 Å². The van der Waals surface area contributed by atoms with Crippen LogP contribution < -0.4 is 10.1 Å². The van der Waals surface area contributed by atoms with Gasteiger partial charge < -0.3 is 10.1 Å². The van der Waals surface area contributed by atoms with Crippen LogP contribution in [0.5, 0.6) is 5.75 Å². The van der Waals surface area contributed by atoms with Crippen LogP contribution in [-0.4, -0.2) is 16.6 Å². The van der Waals surface area contributed by atoms with E-state index in [0.29, 0.717) is 13.0 Å². The molecule has 2 aromatic heterocycles. The Morgan fingerprint density at radius 2 is 1.78 bits per heavy atom. The van der Waals surface area contributed by atoms with Crippen molar-refractivity contribution in [2.75, 3.05) is 11.9 Å². The van der Waals surface area contributed by atoms with Gasteiger partial charge >= 0.3 is 0 Å². The molecule has 2 aromatic carbocycles. The zero-order valence-electron chi connectivity index (χ0n) is 15.4. The number of ether oxygens (including phenoxy) is 1. The molecule has 0 aliphatic carbocycles. The summed E-state index contributed by atoms with van der Waals surface area (Å²) in [5.41, 5.74) is 2.11. The van der Waals surface area contributed by atoms with E-state index in [1.807, 2.05) is 49.4 Å². The Morgan fingerprint density at radius 3 is 2.59 bits per heavy atom. The second-order valence-corrected chi connectivity index (χ2v) is 7.52. The Kier molecular flexibility index (Phi) is 5.03. The topological polar surface area (TPSA) is 47.0 Å². The summed E-state index contributed by atoms with van der Waals surface area (Å²) in [5.74, 6) is 2.46. The van der Waals surface area contributed by atoms with Gasteiger partial charge in [0.15, 0.2) is 0 Å². The highest BCUT2D eigenvalue weighted by atomic mass is 32.1. The monoisotopic (exact) mass is 375 g/mol. The molecule has 0 fully saturated rings. The van der Waals surface area contributed by atoms with Crippen LogP contribution in [0.25, 0.3) is 10.2 Å². The lowest BCUT2D eigenvalue weighted by Crippen LogP contribution is -2.03. The lowest BCUT2D eigenvalue weighted by molar-refractivity contribution is 0.342. The molecule has 0 saturated heterocycles. The zero-order chi connectivity index (χ0) is 18.6. The fourth-order valence-electron chi connectivity index (χ4n) is 3.02. The Balaban J connectivity index is 1.75. The molecule has 136 valence electrons. The highest BCUT2D eigenvalue weighted by molar-refractivity contribution is 7.18. The predicted molar refractivity (Wildman–Crippen MR) is 112 cm³/mol. The number of anilines is 2. The van der Waals surface area contributed by atoms with Crippen molar-refractivity contribution in [3.8, 4) is 5.75 Å². The Morgan fingerprint density at radius 1 is 1.00 bits per heavy atom. The molecule has 4 aromatic rings. The summed E-state index contributed by atoms with van der Waals surface area (Å²) in [5, 5.41) is 4.51. The van der Waals surface area contributed by atoms with Crippen LogP contribution in [0, 0.1) is 6.92 Å². The van der Waals surface area contributed by atoms with E-state index in [9.17, 15) is 0 Å². The average molecular weight is 375 g/mol. The van der Waals surface area contributed by atoms with E-state index in [4.69, 9.17) is 14.7 Å².